The second-order valence-electron chi connectivity index (χ2n) is 5.80. The Morgan fingerprint density at radius 1 is 1.14 bits per heavy atom. The molecule has 5 nitrogen and oxygen atoms in total. The first-order valence-corrected chi connectivity index (χ1v) is 7.72. The summed E-state index contributed by atoms with van der Waals surface area (Å²) in [5.74, 6) is 0. The second kappa shape index (κ2) is 5.66. The van der Waals surface area contributed by atoms with Gasteiger partial charge in [0, 0.05) is 0 Å². The molecule has 1 aliphatic rings. The number of likely N-dealkylation sites (tertiary alicyclic amines) is 1. The van der Waals surface area contributed by atoms with Gasteiger partial charge in [-0.25, -0.2) is 0 Å². The maximum atomic E-state index is 11.6. The predicted molar refractivity (Wildman–Crippen MR) is 83.2 cm³/mol. The van der Waals surface area contributed by atoms with Gasteiger partial charge in [-0.05, 0) is 37.8 Å². The number of piperidine rings is 1. The van der Waals surface area contributed by atoms with Gasteiger partial charge in [-0.2, -0.15) is 0 Å². The van der Waals surface area contributed by atoms with Gasteiger partial charge in [0.15, 0.2) is 0 Å². The molecule has 1 saturated heterocycles. The molecule has 1 fully saturated rings. The molecule has 0 atom stereocenters. The largest absolute Gasteiger partial charge is 0.331 e. The molecular formula is C15H19ClN3O2+. The number of nitrogens with one attached hydrogen (secondary N) is 3. The fourth-order valence-electron chi connectivity index (χ4n) is 3.10. The van der Waals surface area contributed by atoms with Gasteiger partial charge < -0.3 is 14.9 Å². The summed E-state index contributed by atoms with van der Waals surface area (Å²) in [4.78, 5) is 29.9. The molecule has 0 amide bonds. The molecule has 0 bridgehead atoms. The summed E-state index contributed by atoms with van der Waals surface area (Å²) < 4.78 is 0. The summed E-state index contributed by atoms with van der Waals surface area (Å²) >= 11 is 6.46. The highest BCUT2D eigenvalue weighted by molar-refractivity contribution is 6.33. The first-order valence-electron chi connectivity index (χ1n) is 7.34. The van der Waals surface area contributed by atoms with Gasteiger partial charge in [-0.15, -0.1) is 0 Å². The number of aromatic nitrogens is 2. The van der Waals surface area contributed by atoms with E-state index in [1.165, 1.54) is 24.2 Å². The van der Waals surface area contributed by atoms with Gasteiger partial charge in [0.05, 0.1) is 34.7 Å². The Kier molecular flexibility index (Phi) is 3.87. The highest BCUT2D eigenvalue weighted by Crippen LogP contribution is 2.26. The fourth-order valence-corrected chi connectivity index (χ4v) is 3.31. The molecule has 0 unspecified atom stereocenters. The predicted octanol–water partition coefficient (Wildman–Crippen LogP) is 0.747. The van der Waals surface area contributed by atoms with E-state index in [0.29, 0.717) is 16.1 Å². The van der Waals surface area contributed by atoms with Crippen molar-refractivity contribution in [2.24, 2.45) is 0 Å². The van der Waals surface area contributed by atoms with E-state index >= 15 is 0 Å². The molecule has 3 N–H and O–H groups in total. The highest BCUT2D eigenvalue weighted by Gasteiger charge is 2.19. The van der Waals surface area contributed by atoms with Crippen LogP contribution < -0.4 is 16.0 Å². The van der Waals surface area contributed by atoms with Crippen LogP contribution in [0, 0.1) is 6.92 Å². The van der Waals surface area contributed by atoms with E-state index in [1.807, 2.05) is 13.0 Å². The van der Waals surface area contributed by atoms with Crippen molar-refractivity contribution >= 4 is 22.6 Å². The van der Waals surface area contributed by atoms with Crippen LogP contribution in [0.1, 0.15) is 30.4 Å². The Bertz CT molecular complexity index is 788. The summed E-state index contributed by atoms with van der Waals surface area (Å²) in [7, 11) is 0. The lowest BCUT2D eigenvalue weighted by Gasteiger charge is -2.24. The van der Waals surface area contributed by atoms with E-state index in [2.05, 4.69) is 9.97 Å². The highest BCUT2D eigenvalue weighted by atomic mass is 35.5. The molecule has 6 heteroatoms. The smallest absolute Gasteiger partial charge is 0.314 e. The number of aromatic amines is 2. The van der Waals surface area contributed by atoms with Crippen molar-refractivity contribution in [2.45, 2.75) is 32.7 Å². The van der Waals surface area contributed by atoms with Crippen LogP contribution in [0.15, 0.2) is 15.7 Å². The second-order valence-corrected chi connectivity index (χ2v) is 6.18. The Labute approximate surface area is 126 Å². The third kappa shape index (κ3) is 2.76. The van der Waals surface area contributed by atoms with E-state index in [9.17, 15) is 9.59 Å². The van der Waals surface area contributed by atoms with Crippen LogP contribution in [0.3, 0.4) is 0 Å². The normalized spacial score (nSPS) is 16.5. The maximum Gasteiger partial charge on any atom is 0.314 e. The van der Waals surface area contributed by atoms with E-state index in [1.54, 1.807) is 0 Å². The number of halogens is 1. The Morgan fingerprint density at radius 2 is 1.81 bits per heavy atom. The van der Waals surface area contributed by atoms with E-state index in [-0.39, 0.29) is 0 Å². The molecule has 112 valence electrons. The molecule has 0 radical (unpaired) electrons. The molecule has 1 aliphatic heterocycles. The van der Waals surface area contributed by atoms with Crippen molar-refractivity contribution in [3.63, 3.8) is 0 Å². The number of quaternary nitrogens is 1. The average Bonchev–Trinajstić information content (AvgIpc) is 2.47. The quantitative estimate of drug-likeness (QED) is 0.717. The van der Waals surface area contributed by atoms with Crippen LogP contribution in [0.4, 0.5) is 0 Å². The monoisotopic (exact) mass is 308 g/mol. The minimum Gasteiger partial charge on any atom is -0.331 e. The van der Waals surface area contributed by atoms with Gasteiger partial charge in [0.25, 0.3) is 0 Å². The molecule has 2 aromatic rings. The van der Waals surface area contributed by atoms with Crippen molar-refractivity contribution in [1.82, 2.24) is 9.97 Å². The minimum atomic E-state index is -0.627. The Balaban J connectivity index is 2.14. The molecular weight excluding hydrogens is 290 g/mol. The number of rotatable bonds is 2. The number of hydrogen-bond acceptors (Lipinski definition) is 2. The van der Waals surface area contributed by atoms with E-state index in [4.69, 9.17) is 11.6 Å². The number of fused-ring (bicyclic) bond motifs is 1. The van der Waals surface area contributed by atoms with E-state index in [0.717, 1.165) is 30.8 Å². The summed E-state index contributed by atoms with van der Waals surface area (Å²) in [6, 6.07) is 1.81. The van der Waals surface area contributed by atoms with Gasteiger partial charge in [-0.3, -0.25) is 9.59 Å². The summed E-state index contributed by atoms with van der Waals surface area (Å²) in [6.07, 6.45) is 3.74. The third-order valence-electron chi connectivity index (χ3n) is 4.22. The molecule has 21 heavy (non-hydrogen) atoms. The lowest BCUT2D eigenvalue weighted by atomic mass is 10.1. The third-order valence-corrected chi connectivity index (χ3v) is 4.75. The molecule has 0 spiro atoms. The molecule has 3 rings (SSSR count). The number of H-pyrrole nitrogens is 2. The Hall–Kier alpha value is -1.59. The first kappa shape index (κ1) is 14.4. The summed E-state index contributed by atoms with van der Waals surface area (Å²) in [5.41, 5.74) is 1.90. The number of hydrogen-bond donors (Lipinski definition) is 3. The molecule has 2 heterocycles. The van der Waals surface area contributed by atoms with Crippen molar-refractivity contribution in [3.05, 3.63) is 42.9 Å². The average molecular weight is 309 g/mol. The molecule has 0 saturated carbocycles. The van der Waals surface area contributed by atoms with Crippen LogP contribution in [0.2, 0.25) is 5.02 Å². The van der Waals surface area contributed by atoms with E-state index < -0.39 is 11.1 Å². The van der Waals surface area contributed by atoms with Gasteiger partial charge in [0.1, 0.15) is 6.54 Å². The minimum absolute atomic E-state index is 0.625. The first-order chi connectivity index (χ1) is 10.1. The van der Waals surface area contributed by atoms with Gasteiger partial charge in [0.2, 0.25) is 0 Å². The van der Waals surface area contributed by atoms with Crippen molar-refractivity contribution in [3.8, 4) is 0 Å². The topological polar surface area (TPSA) is 70.2 Å². The summed E-state index contributed by atoms with van der Waals surface area (Å²) in [6.45, 7) is 4.94. The standard InChI is InChI=1S/C15H18ClN3O2/c1-9-7-11-13(18-15(21)14(20)17-11)10(12(9)16)8-19-5-3-2-4-6-19/h7H,2-6,8H2,1H3,(H,17,20)(H,18,21)/p+1. The lowest BCUT2D eigenvalue weighted by Crippen LogP contribution is -3.11. The fraction of sp³-hybridized carbons (Fsp3) is 0.467. The van der Waals surface area contributed by atoms with Crippen LogP contribution >= 0.6 is 11.6 Å². The lowest BCUT2D eigenvalue weighted by molar-refractivity contribution is -0.918. The zero-order valence-electron chi connectivity index (χ0n) is 12.0. The van der Waals surface area contributed by atoms with Crippen molar-refractivity contribution in [1.29, 1.82) is 0 Å². The molecule has 1 aromatic carbocycles. The Morgan fingerprint density at radius 3 is 2.52 bits per heavy atom. The SMILES string of the molecule is Cc1cc2[nH]c(=O)c(=O)[nH]c2c(C[NH+]2CCCCC2)c1Cl. The van der Waals surface area contributed by atoms with Crippen molar-refractivity contribution in [2.75, 3.05) is 13.1 Å². The molecule has 1 aromatic heterocycles. The van der Waals surface area contributed by atoms with Crippen LogP contribution in [0.25, 0.3) is 11.0 Å². The zero-order valence-corrected chi connectivity index (χ0v) is 12.8. The van der Waals surface area contributed by atoms with Crippen LogP contribution in [0.5, 0.6) is 0 Å². The van der Waals surface area contributed by atoms with Crippen molar-refractivity contribution < 1.29 is 4.90 Å². The van der Waals surface area contributed by atoms with Gasteiger partial charge in [-0.1, -0.05) is 11.6 Å². The maximum absolute atomic E-state index is 11.6. The zero-order chi connectivity index (χ0) is 15.0. The van der Waals surface area contributed by atoms with Crippen LogP contribution in [-0.4, -0.2) is 23.1 Å². The number of aryl methyl sites for hydroxylation is 1. The van der Waals surface area contributed by atoms with Gasteiger partial charge >= 0.3 is 11.1 Å². The molecule has 0 aliphatic carbocycles. The van der Waals surface area contributed by atoms with Crippen LogP contribution in [-0.2, 0) is 6.54 Å². The number of benzene rings is 1. The summed E-state index contributed by atoms with van der Waals surface area (Å²) in [5, 5.41) is 0.684.